The molecule has 0 unspecified atom stereocenters. The highest BCUT2D eigenvalue weighted by Crippen LogP contribution is 2.29. The van der Waals surface area contributed by atoms with Crippen molar-refractivity contribution < 1.29 is 4.79 Å². The lowest BCUT2D eigenvalue weighted by Crippen LogP contribution is -2.46. The Morgan fingerprint density at radius 3 is 1.95 bits per heavy atom. The standard InChI is InChI=1S/C17H36N2O/c1-4-7-8-9-10-11-14-19-16(20)17(15-18,12-5-2)13-6-3/h4-15,18H2,1-3H3,(H,19,20). The van der Waals surface area contributed by atoms with E-state index in [1.165, 1.54) is 32.1 Å². The van der Waals surface area contributed by atoms with Gasteiger partial charge in [0.1, 0.15) is 0 Å². The fraction of sp³-hybridized carbons (Fsp3) is 0.941. The van der Waals surface area contributed by atoms with Crippen LogP contribution >= 0.6 is 0 Å². The number of rotatable bonds is 13. The lowest BCUT2D eigenvalue weighted by Gasteiger charge is -2.30. The minimum atomic E-state index is -0.328. The zero-order chi connectivity index (χ0) is 15.3. The number of carbonyl (C=O) groups excluding carboxylic acids is 1. The molecule has 0 aliphatic rings. The lowest BCUT2D eigenvalue weighted by atomic mass is 9.78. The number of unbranched alkanes of at least 4 members (excludes halogenated alkanes) is 5. The van der Waals surface area contributed by atoms with E-state index in [2.05, 4.69) is 26.1 Å². The van der Waals surface area contributed by atoms with Gasteiger partial charge in [0.2, 0.25) is 5.91 Å². The maximum absolute atomic E-state index is 12.4. The van der Waals surface area contributed by atoms with Crippen molar-refractivity contribution in [3.63, 3.8) is 0 Å². The number of amides is 1. The van der Waals surface area contributed by atoms with Gasteiger partial charge < -0.3 is 11.1 Å². The topological polar surface area (TPSA) is 55.1 Å². The van der Waals surface area contributed by atoms with Crippen molar-refractivity contribution in [2.24, 2.45) is 11.1 Å². The van der Waals surface area contributed by atoms with E-state index in [4.69, 9.17) is 5.73 Å². The molecule has 20 heavy (non-hydrogen) atoms. The molecule has 0 saturated carbocycles. The minimum Gasteiger partial charge on any atom is -0.356 e. The molecule has 0 rings (SSSR count). The van der Waals surface area contributed by atoms with Crippen molar-refractivity contribution in [1.82, 2.24) is 5.32 Å². The van der Waals surface area contributed by atoms with Gasteiger partial charge in [0.05, 0.1) is 5.41 Å². The van der Waals surface area contributed by atoms with Crippen LogP contribution in [0.2, 0.25) is 0 Å². The Morgan fingerprint density at radius 2 is 1.45 bits per heavy atom. The smallest absolute Gasteiger partial charge is 0.227 e. The van der Waals surface area contributed by atoms with Gasteiger partial charge in [-0.25, -0.2) is 0 Å². The third kappa shape index (κ3) is 7.28. The van der Waals surface area contributed by atoms with E-state index in [0.29, 0.717) is 6.54 Å². The van der Waals surface area contributed by atoms with Gasteiger partial charge in [-0.1, -0.05) is 65.7 Å². The van der Waals surface area contributed by atoms with E-state index in [9.17, 15) is 4.79 Å². The average molecular weight is 284 g/mol. The lowest BCUT2D eigenvalue weighted by molar-refractivity contribution is -0.131. The van der Waals surface area contributed by atoms with Gasteiger partial charge >= 0.3 is 0 Å². The summed E-state index contributed by atoms with van der Waals surface area (Å²) in [6.45, 7) is 7.76. The molecule has 0 atom stereocenters. The molecule has 0 aliphatic heterocycles. The summed E-state index contributed by atoms with van der Waals surface area (Å²) in [5.74, 6) is 0.178. The van der Waals surface area contributed by atoms with Crippen LogP contribution in [0.1, 0.15) is 85.0 Å². The van der Waals surface area contributed by atoms with E-state index < -0.39 is 0 Å². The highest BCUT2D eigenvalue weighted by atomic mass is 16.2. The van der Waals surface area contributed by atoms with Crippen LogP contribution < -0.4 is 11.1 Å². The van der Waals surface area contributed by atoms with Crippen LogP contribution in [-0.4, -0.2) is 19.0 Å². The molecule has 0 saturated heterocycles. The summed E-state index contributed by atoms with van der Waals surface area (Å²) in [5, 5.41) is 3.12. The second kappa shape index (κ2) is 12.2. The molecule has 0 heterocycles. The van der Waals surface area contributed by atoms with E-state index in [1.807, 2.05) is 0 Å². The van der Waals surface area contributed by atoms with Crippen molar-refractivity contribution in [3.8, 4) is 0 Å². The molecular weight excluding hydrogens is 248 g/mol. The fourth-order valence-corrected chi connectivity index (χ4v) is 2.90. The second-order valence-corrected chi connectivity index (χ2v) is 6.01. The van der Waals surface area contributed by atoms with Crippen LogP contribution in [0.3, 0.4) is 0 Å². The van der Waals surface area contributed by atoms with Gasteiger partial charge in [0, 0.05) is 13.1 Å². The molecule has 0 aliphatic carbocycles. The number of carbonyl (C=O) groups is 1. The Balaban J connectivity index is 4.01. The Hall–Kier alpha value is -0.570. The van der Waals surface area contributed by atoms with E-state index >= 15 is 0 Å². The van der Waals surface area contributed by atoms with Crippen LogP contribution in [0.15, 0.2) is 0 Å². The molecule has 3 heteroatoms. The van der Waals surface area contributed by atoms with Gasteiger partial charge in [-0.05, 0) is 19.3 Å². The molecule has 0 aromatic rings. The summed E-state index contributed by atoms with van der Waals surface area (Å²) >= 11 is 0. The minimum absolute atomic E-state index is 0.178. The summed E-state index contributed by atoms with van der Waals surface area (Å²) in [6.07, 6.45) is 11.4. The number of hydrogen-bond acceptors (Lipinski definition) is 2. The van der Waals surface area contributed by atoms with E-state index in [1.54, 1.807) is 0 Å². The maximum Gasteiger partial charge on any atom is 0.227 e. The zero-order valence-electron chi connectivity index (χ0n) is 14.0. The van der Waals surface area contributed by atoms with Gasteiger partial charge in [-0.3, -0.25) is 4.79 Å². The Labute approximate surface area is 126 Å². The second-order valence-electron chi connectivity index (χ2n) is 6.01. The van der Waals surface area contributed by atoms with E-state index in [-0.39, 0.29) is 11.3 Å². The average Bonchev–Trinajstić information content (AvgIpc) is 2.45. The monoisotopic (exact) mass is 284 g/mol. The molecule has 1 amide bonds. The first kappa shape index (κ1) is 19.4. The number of nitrogens with two attached hydrogens (primary N) is 1. The first-order valence-electron chi connectivity index (χ1n) is 8.65. The molecule has 120 valence electrons. The van der Waals surface area contributed by atoms with Crippen molar-refractivity contribution in [3.05, 3.63) is 0 Å². The molecule has 0 bridgehead atoms. The van der Waals surface area contributed by atoms with Crippen LogP contribution in [0, 0.1) is 5.41 Å². The summed E-state index contributed by atoms with van der Waals surface area (Å²) in [6, 6.07) is 0. The summed E-state index contributed by atoms with van der Waals surface area (Å²) in [5.41, 5.74) is 5.58. The van der Waals surface area contributed by atoms with Gasteiger partial charge in [-0.2, -0.15) is 0 Å². The molecule has 0 radical (unpaired) electrons. The molecule has 0 fully saturated rings. The van der Waals surface area contributed by atoms with Crippen LogP contribution in [-0.2, 0) is 4.79 Å². The molecule has 3 N–H and O–H groups in total. The number of hydrogen-bond donors (Lipinski definition) is 2. The largest absolute Gasteiger partial charge is 0.356 e. The van der Waals surface area contributed by atoms with Crippen molar-refractivity contribution in [2.75, 3.05) is 13.1 Å². The Bertz CT molecular complexity index is 235. The maximum atomic E-state index is 12.4. The van der Waals surface area contributed by atoms with E-state index in [0.717, 1.165) is 38.6 Å². The normalized spacial score (nSPS) is 11.6. The summed E-state index contributed by atoms with van der Waals surface area (Å²) in [7, 11) is 0. The molecule has 3 nitrogen and oxygen atoms in total. The molecular formula is C17H36N2O. The first-order valence-corrected chi connectivity index (χ1v) is 8.65. The highest BCUT2D eigenvalue weighted by molar-refractivity contribution is 5.82. The quantitative estimate of drug-likeness (QED) is 0.502. The van der Waals surface area contributed by atoms with Crippen molar-refractivity contribution in [2.45, 2.75) is 85.0 Å². The predicted molar refractivity (Wildman–Crippen MR) is 87.7 cm³/mol. The van der Waals surface area contributed by atoms with Crippen molar-refractivity contribution in [1.29, 1.82) is 0 Å². The van der Waals surface area contributed by atoms with Gasteiger partial charge in [0.25, 0.3) is 0 Å². The van der Waals surface area contributed by atoms with Crippen LogP contribution in [0.25, 0.3) is 0 Å². The zero-order valence-corrected chi connectivity index (χ0v) is 14.0. The third-order valence-corrected chi connectivity index (χ3v) is 4.15. The fourth-order valence-electron chi connectivity index (χ4n) is 2.90. The summed E-state index contributed by atoms with van der Waals surface area (Å²) < 4.78 is 0. The SMILES string of the molecule is CCCCCCCCNC(=O)C(CN)(CCC)CCC. The van der Waals surface area contributed by atoms with Crippen molar-refractivity contribution >= 4 is 5.91 Å². The predicted octanol–water partition coefficient (Wildman–Crippen LogP) is 4.01. The van der Waals surface area contributed by atoms with Gasteiger partial charge in [0.15, 0.2) is 0 Å². The number of nitrogens with one attached hydrogen (secondary N) is 1. The highest BCUT2D eigenvalue weighted by Gasteiger charge is 2.34. The molecule has 0 aromatic heterocycles. The Kier molecular flexibility index (Phi) is 11.8. The molecule has 0 spiro atoms. The van der Waals surface area contributed by atoms with Crippen LogP contribution in [0.4, 0.5) is 0 Å². The van der Waals surface area contributed by atoms with Gasteiger partial charge in [-0.15, -0.1) is 0 Å². The third-order valence-electron chi connectivity index (χ3n) is 4.15. The summed E-state index contributed by atoms with van der Waals surface area (Å²) in [4.78, 5) is 12.4. The Morgan fingerprint density at radius 1 is 0.900 bits per heavy atom. The van der Waals surface area contributed by atoms with Crippen LogP contribution in [0.5, 0.6) is 0 Å². The first-order chi connectivity index (χ1) is 9.66. The molecule has 0 aromatic carbocycles.